The molecule has 0 spiro atoms. The van der Waals surface area contributed by atoms with Crippen LogP contribution in [0.3, 0.4) is 0 Å². The van der Waals surface area contributed by atoms with Crippen molar-refractivity contribution in [3.05, 3.63) is 126 Å². The van der Waals surface area contributed by atoms with Gasteiger partial charge in [0.05, 0.1) is 30.5 Å². The number of Topliss-reactive ketones (excluding diaryl/α,β-unsaturated/α-hetero) is 1. The summed E-state index contributed by atoms with van der Waals surface area (Å²) < 4.78 is 14.0. The molecule has 0 saturated heterocycles. The molecule has 5 rings (SSSR count). The van der Waals surface area contributed by atoms with Crippen molar-refractivity contribution in [2.75, 3.05) is 13.7 Å². The molecule has 3 heterocycles. The number of esters is 1. The Labute approximate surface area is 242 Å². The van der Waals surface area contributed by atoms with Crippen molar-refractivity contribution in [3.8, 4) is 16.9 Å². The van der Waals surface area contributed by atoms with Crippen molar-refractivity contribution in [3.63, 3.8) is 0 Å². The summed E-state index contributed by atoms with van der Waals surface area (Å²) in [5.74, 6) is 0.0178. The average molecular weight is 599 g/mol. The van der Waals surface area contributed by atoms with Gasteiger partial charge in [0, 0.05) is 29.5 Å². The molecule has 0 unspecified atom stereocenters. The summed E-state index contributed by atoms with van der Waals surface area (Å²) in [6.45, 7) is 2.17. The first-order chi connectivity index (χ1) is 19.0. The van der Waals surface area contributed by atoms with Crippen LogP contribution in [-0.4, -0.2) is 35.7 Å². The molecule has 0 radical (unpaired) electrons. The number of aromatic nitrogens is 2. The highest BCUT2D eigenvalue weighted by Crippen LogP contribution is 2.26. The van der Waals surface area contributed by atoms with E-state index in [-0.39, 0.29) is 41.7 Å². The Morgan fingerprint density at radius 1 is 0.825 bits per heavy atom. The van der Waals surface area contributed by atoms with E-state index in [9.17, 15) is 14.4 Å². The van der Waals surface area contributed by atoms with E-state index in [1.54, 1.807) is 79.2 Å². The molecule has 8 heteroatoms. The monoisotopic (exact) mass is 598 g/mol. The van der Waals surface area contributed by atoms with Crippen LogP contribution in [0.25, 0.3) is 16.6 Å². The number of pyridine rings is 2. The van der Waals surface area contributed by atoms with Crippen LogP contribution in [0.2, 0.25) is 0 Å². The maximum absolute atomic E-state index is 13.3. The molecule has 7 nitrogen and oxygen atoms in total. The topological polar surface area (TPSA) is 78.0 Å². The number of ether oxygens (including phenoxy) is 2. The van der Waals surface area contributed by atoms with Gasteiger partial charge >= 0.3 is 5.97 Å². The first-order valence-corrected chi connectivity index (χ1v) is 12.6. The van der Waals surface area contributed by atoms with E-state index in [0.717, 1.165) is 11.1 Å². The number of carbonyl (C=O) groups excluding carboxylic acids is 3. The van der Waals surface area contributed by atoms with Gasteiger partial charge in [-0.1, -0.05) is 30.3 Å². The smallest absolute Gasteiger partial charge is 0.340 e. The number of hydrogen-bond donors (Lipinski definition) is 0. The zero-order valence-electron chi connectivity index (χ0n) is 22.0. The van der Waals surface area contributed by atoms with Gasteiger partial charge in [-0.2, -0.15) is 4.57 Å². The predicted octanol–water partition coefficient (Wildman–Crippen LogP) is 2.20. The highest BCUT2D eigenvalue weighted by Gasteiger charge is 2.22. The zero-order valence-corrected chi connectivity index (χ0v) is 23.6. The third kappa shape index (κ3) is 5.87. The molecule has 3 aromatic heterocycles. The number of hydrogen-bond acceptors (Lipinski definition) is 5. The van der Waals surface area contributed by atoms with Crippen LogP contribution in [0.5, 0.6) is 5.75 Å². The lowest BCUT2D eigenvalue weighted by atomic mass is 10.1. The molecule has 0 fully saturated rings. The van der Waals surface area contributed by atoms with Gasteiger partial charge in [0.1, 0.15) is 5.75 Å². The fourth-order valence-electron chi connectivity index (χ4n) is 4.45. The summed E-state index contributed by atoms with van der Waals surface area (Å²) in [6, 6.07) is 25.2. The number of benzene rings is 2. The van der Waals surface area contributed by atoms with Crippen molar-refractivity contribution < 1.29 is 45.4 Å². The third-order valence-electron chi connectivity index (χ3n) is 6.50. The minimum Gasteiger partial charge on any atom is -1.00 e. The van der Waals surface area contributed by atoms with Crippen LogP contribution in [-0.2, 0) is 11.3 Å². The molecular formula is C32H27BrN2O5. The van der Waals surface area contributed by atoms with E-state index < -0.39 is 5.97 Å². The Kier molecular flexibility index (Phi) is 8.91. The second-order valence-corrected chi connectivity index (χ2v) is 8.94. The first kappa shape index (κ1) is 28.4. The lowest BCUT2D eigenvalue weighted by Gasteiger charge is -2.07. The highest BCUT2D eigenvalue weighted by atomic mass is 79.9. The number of fused-ring (bicyclic) bond motifs is 1. The number of methoxy groups -OCH3 is 1. The largest absolute Gasteiger partial charge is 1.00 e. The Morgan fingerprint density at radius 2 is 1.52 bits per heavy atom. The summed E-state index contributed by atoms with van der Waals surface area (Å²) in [4.78, 5) is 38.7. The van der Waals surface area contributed by atoms with Gasteiger partial charge < -0.3 is 30.9 Å². The second kappa shape index (κ2) is 12.5. The van der Waals surface area contributed by atoms with E-state index in [0.29, 0.717) is 33.7 Å². The molecule has 0 bridgehead atoms. The van der Waals surface area contributed by atoms with E-state index in [4.69, 9.17) is 9.47 Å². The van der Waals surface area contributed by atoms with E-state index >= 15 is 0 Å². The van der Waals surface area contributed by atoms with E-state index in [1.165, 1.54) is 0 Å². The summed E-state index contributed by atoms with van der Waals surface area (Å²) in [7, 11) is 1.59. The second-order valence-electron chi connectivity index (χ2n) is 8.94. The molecule has 0 atom stereocenters. The molecule has 0 aliphatic carbocycles. The van der Waals surface area contributed by atoms with Gasteiger partial charge in [0.2, 0.25) is 18.1 Å². The van der Waals surface area contributed by atoms with Crippen LogP contribution in [0.1, 0.15) is 43.7 Å². The Hall–Kier alpha value is -4.56. The quantitative estimate of drug-likeness (QED) is 0.148. The van der Waals surface area contributed by atoms with Gasteiger partial charge in [-0.25, -0.2) is 4.79 Å². The van der Waals surface area contributed by atoms with Crippen molar-refractivity contribution in [2.24, 2.45) is 0 Å². The predicted molar refractivity (Wildman–Crippen MR) is 146 cm³/mol. The summed E-state index contributed by atoms with van der Waals surface area (Å²) >= 11 is 0. The fraction of sp³-hybridized carbons (Fsp3) is 0.125. The zero-order chi connectivity index (χ0) is 27.4. The van der Waals surface area contributed by atoms with Gasteiger partial charge in [0.15, 0.2) is 12.4 Å². The molecule has 5 aromatic rings. The molecule has 0 amide bonds. The normalized spacial score (nSPS) is 10.6. The Balaban J connectivity index is 0.00000370. The molecular weight excluding hydrogens is 572 g/mol. The van der Waals surface area contributed by atoms with E-state index in [1.807, 2.05) is 47.3 Å². The standard InChI is InChI=1S/C32H27N2O5.BrH/c1-3-39-32(37)27-20-29(31(36)24-7-5-4-6-8-24)34-18-15-25(19-28(27)34)22-13-16-33(17-14-22)21-30(35)23-9-11-26(38-2)12-10-23;/h4-20H,3,21H2,1-2H3;1H/q+1;/p-1. The molecule has 0 aliphatic rings. The summed E-state index contributed by atoms with van der Waals surface area (Å²) in [5, 5.41) is 0. The van der Waals surface area contributed by atoms with Gasteiger partial charge in [0.25, 0.3) is 0 Å². The molecule has 0 aliphatic heterocycles. The van der Waals surface area contributed by atoms with Crippen molar-refractivity contribution in [1.82, 2.24) is 4.40 Å². The van der Waals surface area contributed by atoms with E-state index in [2.05, 4.69) is 0 Å². The molecule has 0 N–H and O–H groups in total. The minimum absolute atomic E-state index is 0. The highest BCUT2D eigenvalue weighted by molar-refractivity contribution is 6.11. The van der Waals surface area contributed by atoms with Crippen molar-refractivity contribution in [2.45, 2.75) is 13.5 Å². The maximum atomic E-state index is 13.3. The van der Waals surface area contributed by atoms with Gasteiger partial charge in [-0.05, 0) is 60.5 Å². The van der Waals surface area contributed by atoms with Gasteiger partial charge in [-0.3, -0.25) is 9.59 Å². The Bertz CT molecular complexity index is 1660. The third-order valence-corrected chi connectivity index (χ3v) is 6.50. The SMILES string of the molecule is CCOC(=O)c1cc(C(=O)c2ccccc2)n2ccc(-c3cc[n+](CC(=O)c4ccc(OC)cc4)cc3)cc12.[Br-]. The number of nitrogens with zero attached hydrogens (tertiary/aromatic N) is 2. The number of carbonyl (C=O) groups is 3. The van der Waals surface area contributed by atoms with Crippen LogP contribution in [0, 0.1) is 0 Å². The fourth-order valence-corrected chi connectivity index (χ4v) is 4.45. The average Bonchev–Trinajstić information content (AvgIpc) is 3.37. The lowest BCUT2D eigenvalue weighted by Crippen LogP contribution is -3.00. The number of halogens is 1. The van der Waals surface area contributed by atoms with Gasteiger partial charge in [-0.15, -0.1) is 0 Å². The summed E-state index contributed by atoms with van der Waals surface area (Å²) in [5.41, 5.74) is 4.20. The van der Waals surface area contributed by atoms with Crippen LogP contribution in [0.4, 0.5) is 0 Å². The van der Waals surface area contributed by atoms with Crippen molar-refractivity contribution >= 4 is 23.1 Å². The van der Waals surface area contributed by atoms with Crippen LogP contribution in [0.15, 0.2) is 104 Å². The van der Waals surface area contributed by atoms with Crippen LogP contribution >= 0.6 is 0 Å². The molecule has 2 aromatic carbocycles. The lowest BCUT2D eigenvalue weighted by molar-refractivity contribution is -0.683. The Morgan fingerprint density at radius 3 is 2.17 bits per heavy atom. The van der Waals surface area contributed by atoms with Crippen molar-refractivity contribution in [1.29, 1.82) is 0 Å². The van der Waals surface area contributed by atoms with Crippen LogP contribution < -0.4 is 26.3 Å². The summed E-state index contributed by atoms with van der Waals surface area (Å²) in [6.07, 6.45) is 5.48. The molecule has 40 heavy (non-hydrogen) atoms. The number of ketones is 2. The number of rotatable bonds is 9. The maximum Gasteiger partial charge on any atom is 0.340 e. The molecule has 202 valence electrons. The molecule has 0 saturated carbocycles. The first-order valence-electron chi connectivity index (χ1n) is 12.6. The minimum atomic E-state index is -0.484.